The minimum absolute atomic E-state index is 0.0746. The number of benzene rings is 2. The Morgan fingerprint density at radius 2 is 2.08 bits per heavy atom. The van der Waals surface area contributed by atoms with Crippen LogP contribution in [0.3, 0.4) is 0 Å². The molecule has 2 atom stereocenters. The van der Waals surface area contributed by atoms with Crippen molar-refractivity contribution in [2.45, 2.75) is 6.17 Å². The maximum atomic E-state index is 12.3. The van der Waals surface area contributed by atoms with Crippen LogP contribution in [0.4, 0.5) is 5.69 Å². The maximum absolute atomic E-state index is 12.3. The Morgan fingerprint density at radius 3 is 3.00 bits per heavy atom. The molecular formula is C17H17N5O2S. The molecule has 2 aromatic carbocycles. The Morgan fingerprint density at radius 1 is 1.24 bits per heavy atom. The Labute approximate surface area is 148 Å². The molecule has 2 amide bonds. The maximum Gasteiger partial charge on any atom is 0.234 e. The molecule has 2 aromatic rings. The topological polar surface area (TPSA) is 94.6 Å². The van der Waals surface area contributed by atoms with Crippen molar-refractivity contribution in [2.24, 2.45) is 10.9 Å². The quantitative estimate of drug-likeness (QED) is 0.660. The predicted molar refractivity (Wildman–Crippen MR) is 99.0 cm³/mol. The average molecular weight is 355 g/mol. The molecule has 0 saturated carbocycles. The van der Waals surface area contributed by atoms with E-state index >= 15 is 0 Å². The first-order valence-corrected chi connectivity index (χ1v) is 8.97. The Balaban J connectivity index is 1.40. The van der Waals surface area contributed by atoms with E-state index in [1.807, 2.05) is 42.5 Å². The molecule has 0 bridgehead atoms. The summed E-state index contributed by atoms with van der Waals surface area (Å²) >= 11 is 1.22. The first-order chi connectivity index (χ1) is 12.2. The number of nitrogens with one attached hydrogen (secondary N) is 4. The highest BCUT2D eigenvalue weighted by Gasteiger charge is 2.36. The van der Waals surface area contributed by atoms with E-state index in [1.165, 1.54) is 11.8 Å². The molecule has 7 nitrogen and oxygen atoms in total. The van der Waals surface area contributed by atoms with E-state index in [4.69, 9.17) is 0 Å². The normalized spacial score (nSPS) is 22.2. The van der Waals surface area contributed by atoms with Crippen molar-refractivity contribution < 1.29 is 9.59 Å². The number of anilines is 1. The fourth-order valence-electron chi connectivity index (χ4n) is 2.93. The van der Waals surface area contributed by atoms with Crippen molar-refractivity contribution in [3.05, 3.63) is 42.5 Å². The van der Waals surface area contributed by atoms with Gasteiger partial charge in [0.1, 0.15) is 6.17 Å². The SMILES string of the molecule is O=C(CSC1=NC2NNCC2C(=O)N1)Nc1cccc2ccccc12. The van der Waals surface area contributed by atoms with Gasteiger partial charge in [-0.1, -0.05) is 48.2 Å². The van der Waals surface area contributed by atoms with Crippen molar-refractivity contribution >= 4 is 45.2 Å². The lowest BCUT2D eigenvalue weighted by molar-refractivity contribution is -0.123. The first kappa shape index (κ1) is 16.1. The van der Waals surface area contributed by atoms with Crippen LogP contribution in [0.5, 0.6) is 0 Å². The van der Waals surface area contributed by atoms with Gasteiger partial charge in [0.25, 0.3) is 0 Å². The minimum Gasteiger partial charge on any atom is -0.325 e. The van der Waals surface area contributed by atoms with Crippen LogP contribution >= 0.6 is 11.8 Å². The monoisotopic (exact) mass is 355 g/mol. The van der Waals surface area contributed by atoms with Gasteiger partial charge in [-0.25, -0.2) is 10.4 Å². The molecular weight excluding hydrogens is 338 g/mol. The van der Waals surface area contributed by atoms with Gasteiger partial charge in [0, 0.05) is 17.6 Å². The summed E-state index contributed by atoms with van der Waals surface area (Å²) in [6.45, 7) is 0.555. The zero-order valence-electron chi connectivity index (χ0n) is 13.3. The molecule has 8 heteroatoms. The van der Waals surface area contributed by atoms with Crippen molar-refractivity contribution in [1.82, 2.24) is 16.2 Å². The van der Waals surface area contributed by atoms with Crippen LogP contribution in [0.2, 0.25) is 0 Å². The molecule has 0 aromatic heterocycles. The van der Waals surface area contributed by atoms with Crippen LogP contribution < -0.4 is 21.5 Å². The van der Waals surface area contributed by atoms with Crippen LogP contribution in [0.25, 0.3) is 10.8 Å². The number of carbonyl (C=O) groups is 2. The second-order valence-corrected chi connectivity index (χ2v) is 6.83. The number of hydrazine groups is 1. The summed E-state index contributed by atoms with van der Waals surface area (Å²) in [7, 11) is 0. The Bertz CT molecular complexity index is 864. The van der Waals surface area contributed by atoms with Gasteiger partial charge in [-0.2, -0.15) is 0 Å². The molecule has 2 aliphatic heterocycles. The number of hydrogen-bond acceptors (Lipinski definition) is 6. The van der Waals surface area contributed by atoms with Gasteiger partial charge in [0.2, 0.25) is 11.8 Å². The molecule has 128 valence electrons. The molecule has 0 spiro atoms. The lowest BCUT2D eigenvalue weighted by atomic mass is 10.1. The zero-order valence-corrected chi connectivity index (χ0v) is 14.1. The third kappa shape index (κ3) is 3.37. The van der Waals surface area contributed by atoms with E-state index in [-0.39, 0.29) is 29.7 Å². The molecule has 2 heterocycles. The minimum atomic E-state index is -0.266. The smallest absolute Gasteiger partial charge is 0.234 e. The van der Waals surface area contributed by atoms with Gasteiger partial charge in [0.05, 0.1) is 11.7 Å². The molecule has 1 saturated heterocycles. The lowest BCUT2D eigenvalue weighted by Crippen LogP contribution is -2.46. The van der Waals surface area contributed by atoms with Crippen molar-refractivity contribution in [1.29, 1.82) is 0 Å². The van der Waals surface area contributed by atoms with E-state index in [0.29, 0.717) is 11.7 Å². The van der Waals surface area contributed by atoms with Gasteiger partial charge >= 0.3 is 0 Å². The summed E-state index contributed by atoms with van der Waals surface area (Å²) in [5.41, 5.74) is 6.66. The Kier molecular flexibility index (Phi) is 4.39. The molecule has 4 rings (SSSR count). The number of hydrogen-bond donors (Lipinski definition) is 4. The molecule has 0 radical (unpaired) electrons. The van der Waals surface area contributed by atoms with Crippen LogP contribution in [-0.4, -0.2) is 35.4 Å². The van der Waals surface area contributed by atoms with E-state index in [1.54, 1.807) is 0 Å². The molecule has 1 fully saturated rings. The summed E-state index contributed by atoms with van der Waals surface area (Å²) in [6, 6.07) is 13.7. The number of rotatable bonds is 3. The first-order valence-electron chi connectivity index (χ1n) is 7.98. The van der Waals surface area contributed by atoms with E-state index < -0.39 is 0 Å². The lowest BCUT2D eigenvalue weighted by Gasteiger charge is -2.21. The molecule has 25 heavy (non-hydrogen) atoms. The standard InChI is InChI=1S/C17H17N5O2S/c23-14(19-13-7-3-5-10-4-1-2-6-11(10)13)9-25-17-20-15-12(8-18-22-15)16(24)21-17/h1-7,12,15,18,22H,8-9H2,(H,19,23)(H,20,21,24). The number of aliphatic imine (C=N–C) groups is 1. The highest BCUT2D eigenvalue weighted by molar-refractivity contribution is 8.14. The summed E-state index contributed by atoms with van der Waals surface area (Å²) in [5, 5.41) is 8.21. The number of amidine groups is 1. The van der Waals surface area contributed by atoms with Crippen molar-refractivity contribution in [3.8, 4) is 0 Å². The van der Waals surface area contributed by atoms with Crippen molar-refractivity contribution in [3.63, 3.8) is 0 Å². The fourth-order valence-corrected chi connectivity index (χ4v) is 3.63. The van der Waals surface area contributed by atoms with Crippen LogP contribution in [-0.2, 0) is 9.59 Å². The summed E-state index contributed by atoms with van der Waals surface area (Å²) in [4.78, 5) is 28.7. The van der Waals surface area contributed by atoms with Crippen molar-refractivity contribution in [2.75, 3.05) is 17.6 Å². The van der Waals surface area contributed by atoms with Crippen LogP contribution in [0, 0.1) is 5.92 Å². The molecule has 2 unspecified atom stereocenters. The average Bonchev–Trinajstić information content (AvgIpc) is 3.10. The third-order valence-electron chi connectivity index (χ3n) is 4.18. The number of nitrogens with zero attached hydrogens (tertiary/aromatic N) is 1. The Hall–Kier alpha value is -2.42. The molecule has 0 aliphatic carbocycles. The second-order valence-electron chi connectivity index (χ2n) is 5.86. The van der Waals surface area contributed by atoms with Gasteiger partial charge in [-0.15, -0.1) is 0 Å². The van der Waals surface area contributed by atoms with Gasteiger partial charge in [0.15, 0.2) is 5.17 Å². The van der Waals surface area contributed by atoms with E-state index in [0.717, 1.165) is 16.5 Å². The third-order valence-corrected chi connectivity index (χ3v) is 5.07. The van der Waals surface area contributed by atoms with Gasteiger partial charge in [-0.05, 0) is 11.5 Å². The fraction of sp³-hybridized carbons (Fsp3) is 0.235. The van der Waals surface area contributed by atoms with Crippen LogP contribution in [0.15, 0.2) is 47.5 Å². The molecule has 2 aliphatic rings. The van der Waals surface area contributed by atoms with Gasteiger partial charge < -0.3 is 10.6 Å². The number of carbonyl (C=O) groups excluding carboxylic acids is 2. The van der Waals surface area contributed by atoms with Gasteiger partial charge in [-0.3, -0.25) is 15.0 Å². The largest absolute Gasteiger partial charge is 0.325 e. The highest BCUT2D eigenvalue weighted by atomic mass is 32.2. The second kappa shape index (κ2) is 6.83. The molecule has 4 N–H and O–H groups in total. The number of fused-ring (bicyclic) bond motifs is 2. The number of thioether (sulfide) groups is 1. The number of amides is 2. The summed E-state index contributed by atoms with van der Waals surface area (Å²) < 4.78 is 0. The summed E-state index contributed by atoms with van der Waals surface area (Å²) in [6.07, 6.45) is -0.266. The van der Waals surface area contributed by atoms with E-state index in [9.17, 15) is 9.59 Å². The summed E-state index contributed by atoms with van der Waals surface area (Å²) in [5.74, 6) is -0.242. The van der Waals surface area contributed by atoms with Crippen LogP contribution in [0.1, 0.15) is 0 Å². The zero-order chi connectivity index (χ0) is 17.2. The van der Waals surface area contributed by atoms with E-state index in [2.05, 4.69) is 26.5 Å². The highest BCUT2D eigenvalue weighted by Crippen LogP contribution is 2.23. The predicted octanol–water partition coefficient (Wildman–Crippen LogP) is 1.05.